The van der Waals surface area contributed by atoms with E-state index in [1.165, 1.54) is 4.90 Å². The van der Waals surface area contributed by atoms with Crippen LogP contribution in [0.4, 0.5) is 5.69 Å². The molecule has 3 rings (SSSR count). The lowest BCUT2D eigenvalue weighted by atomic mass is 9.99. The van der Waals surface area contributed by atoms with Gasteiger partial charge >= 0.3 is 0 Å². The summed E-state index contributed by atoms with van der Waals surface area (Å²) in [7, 11) is 0. The van der Waals surface area contributed by atoms with E-state index in [9.17, 15) is 9.59 Å². The van der Waals surface area contributed by atoms with Crippen LogP contribution in [0.15, 0.2) is 54.2 Å². The van der Waals surface area contributed by atoms with Crippen LogP contribution in [0.3, 0.4) is 0 Å². The van der Waals surface area contributed by atoms with E-state index in [2.05, 4.69) is 0 Å². The van der Waals surface area contributed by atoms with Crippen molar-refractivity contribution in [2.75, 3.05) is 18.0 Å². The fourth-order valence-electron chi connectivity index (χ4n) is 3.34. The van der Waals surface area contributed by atoms with E-state index in [0.717, 1.165) is 22.4 Å². The van der Waals surface area contributed by atoms with Gasteiger partial charge in [0.25, 0.3) is 11.8 Å². The fraction of sp³-hybridized carbons (Fsp3) is 0.273. The monoisotopic (exact) mass is 348 g/mol. The van der Waals surface area contributed by atoms with Crippen LogP contribution in [0, 0.1) is 13.8 Å². The Morgan fingerprint density at radius 1 is 0.885 bits per heavy atom. The van der Waals surface area contributed by atoms with Gasteiger partial charge in [0.05, 0.1) is 5.57 Å². The minimum Gasteiger partial charge on any atom is -0.337 e. The predicted molar refractivity (Wildman–Crippen MR) is 105 cm³/mol. The van der Waals surface area contributed by atoms with Gasteiger partial charge < -0.3 is 4.90 Å². The molecule has 0 fully saturated rings. The van der Waals surface area contributed by atoms with Crippen molar-refractivity contribution >= 4 is 23.1 Å². The molecule has 1 aliphatic rings. The van der Waals surface area contributed by atoms with E-state index in [1.807, 2.05) is 81.1 Å². The van der Waals surface area contributed by atoms with Crippen molar-refractivity contribution in [3.8, 4) is 0 Å². The van der Waals surface area contributed by atoms with Crippen molar-refractivity contribution in [1.29, 1.82) is 0 Å². The van der Waals surface area contributed by atoms with Crippen molar-refractivity contribution < 1.29 is 9.59 Å². The fourth-order valence-corrected chi connectivity index (χ4v) is 3.34. The lowest BCUT2D eigenvalue weighted by Gasteiger charge is -2.24. The maximum atomic E-state index is 13.1. The number of anilines is 1. The Morgan fingerprint density at radius 3 is 2.15 bits per heavy atom. The number of rotatable bonds is 5. The summed E-state index contributed by atoms with van der Waals surface area (Å²) >= 11 is 0. The van der Waals surface area contributed by atoms with E-state index < -0.39 is 0 Å². The number of hydrogen-bond donors (Lipinski definition) is 0. The molecule has 4 nitrogen and oxygen atoms in total. The highest BCUT2D eigenvalue weighted by molar-refractivity contribution is 6.36. The summed E-state index contributed by atoms with van der Waals surface area (Å²) in [4.78, 5) is 29.3. The molecule has 2 aromatic carbocycles. The van der Waals surface area contributed by atoms with Gasteiger partial charge in [-0.25, -0.2) is 0 Å². The van der Waals surface area contributed by atoms with E-state index >= 15 is 0 Å². The quantitative estimate of drug-likeness (QED) is 0.769. The number of carbonyl (C=O) groups excluding carboxylic acids is 2. The zero-order valence-corrected chi connectivity index (χ0v) is 15.7. The summed E-state index contributed by atoms with van der Waals surface area (Å²) in [5.41, 5.74) is 4.93. The number of likely N-dealkylation sites (N-methyl/N-ethyl adjacent to an activating group) is 2. The van der Waals surface area contributed by atoms with Crippen LogP contribution < -0.4 is 4.90 Å². The average Bonchev–Trinajstić information content (AvgIpc) is 2.89. The van der Waals surface area contributed by atoms with Gasteiger partial charge in [-0.3, -0.25) is 14.5 Å². The zero-order valence-electron chi connectivity index (χ0n) is 15.7. The number of amides is 2. The standard InChI is InChI=1S/C22H24N2O2/c1-5-23(18-10-8-7-9-11-18)20-19(21(25)24(6-2)22(20)26)17-13-12-15(3)16(4)14-17/h7-14H,5-6H2,1-4H3. The zero-order chi connectivity index (χ0) is 18.8. The molecule has 1 aliphatic heterocycles. The third-order valence-corrected chi connectivity index (χ3v) is 4.91. The third kappa shape index (κ3) is 2.92. The van der Waals surface area contributed by atoms with Crippen LogP contribution in [-0.4, -0.2) is 29.8 Å². The lowest BCUT2D eigenvalue weighted by Crippen LogP contribution is -2.35. The summed E-state index contributed by atoms with van der Waals surface area (Å²) in [5, 5.41) is 0. The van der Waals surface area contributed by atoms with Gasteiger partial charge in [-0.15, -0.1) is 0 Å². The number of hydrogen-bond acceptors (Lipinski definition) is 3. The molecular formula is C22H24N2O2. The molecule has 0 unspecified atom stereocenters. The molecule has 0 spiro atoms. The van der Waals surface area contributed by atoms with E-state index in [4.69, 9.17) is 0 Å². The second-order valence-corrected chi connectivity index (χ2v) is 6.46. The Kier molecular flexibility index (Phi) is 4.94. The first-order valence-corrected chi connectivity index (χ1v) is 9.00. The van der Waals surface area contributed by atoms with Gasteiger partial charge in [0.15, 0.2) is 0 Å². The van der Waals surface area contributed by atoms with Crippen molar-refractivity contribution in [2.24, 2.45) is 0 Å². The molecule has 0 N–H and O–H groups in total. The summed E-state index contributed by atoms with van der Waals surface area (Å²) in [6.07, 6.45) is 0. The minimum absolute atomic E-state index is 0.217. The summed E-state index contributed by atoms with van der Waals surface area (Å²) in [6, 6.07) is 15.7. The Morgan fingerprint density at radius 2 is 1.58 bits per heavy atom. The molecule has 0 aliphatic carbocycles. The Balaban J connectivity index is 2.23. The largest absolute Gasteiger partial charge is 0.337 e. The number of aryl methyl sites for hydroxylation is 2. The molecule has 2 amide bonds. The van der Waals surface area contributed by atoms with Crippen molar-refractivity contribution in [2.45, 2.75) is 27.7 Å². The van der Waals surface area contributed by atoms with E-state index in [0.29, 0.717) is 24.4 Å². The second-order valence-electron chi connectivity index (χ2n) is 6.46. The highest BCUT2D eigenvalue weighted by atomic mass is 16.2. The van der Waals surface area contributed by atoms with Crippen LogP contribution >= 0.6 is 0 Å². The van der Waals surface area contributed by atoms with E-state index in [-0.39, 0.29) is 11.8 Å². The summed E-state index contributed by atoms with van der Waals surface area (Å²) in [6.45, 7) is 8.84. The normalized spacial score (nSPS) is 14.4. The predicted octanol–water partition coefficient (Wildman–Crippen LogP) is 3.93. The molecule has 26 heavy (non-hydrogen) atoms. The number of carbonyl (C=O) groups is 2. The first-order chi connectivity index (χ1) is 12.5. The van der Waals surface area contributed by atoms with Crippen molar-refractivity contribution in [1.82, 2.24) is 4.90 Å². The van der Waals surface area contributed by atoms with E-state index in [1.54, 1.807) is 0 Å². The molecule has 0 saturated carbocycles. The highest BCUT2D eigenvalue weighted by Gasteiger charge is 2.40. The van der Waals surface area contributed by atoms with Crippen LogP contribution in [0.1, 0.15) is 30.5 Å². The lowest BCUT2D eigenvalue weighted by molar-refractivity contribution is -0.136. The number of nitrogens with zero attached hydrogens (tertiary/aromatic N) is 2. The minimum atomic E-state index is -0.226. The molecule has 134 valence electrons. The van der Waals surface area contributed by atoms with Gasteiger partial charge in [-0.2, -0.15) is 0 Å². The number of imide groups is 1. The summed E-state index contributed by atoms with van der Waals surface area (Å²) in [5.74, 6) is -0.443. The van der Waals surface area contributed by atoms with Crippen LogP contribution in [0.5, 0.6) is 0 Å². The van der Waals surface area contributed by atoms with Gasteiger partial charge in [-0.05, 0) is 56.5 Å². The molecular weight excluding hydrogens is 324 g/mol. The first-order valence-electron chi connectivity index (χ1n) is 9.00. The number of benzene rings is 2. The SMILES string of the molecule is CCN1C(=O)C(c2ccc(C)c(C)c2)=C(N(CC)c2ccccc2)C1=O. The van der Waals surface area contributed by atoms with Crippen LogP contribution in [0.25, 0.3) is 5.57 Å². The number of para-hydroxylation sites is 1. The van der Waals surface area contributed by atoms with Crippen molar-refractivity contribution in [3.63, 3.8) is 0 Å². The molecule has 0 aromatic heterocycles. The smallest absolute Gasteiger partial charge is 0.278 e. The maximum absolute atomic E-state index is 13.1. The molecule has 0 saturated heterocycles. The molecule has 0 radical (unpaired) electrons. The molecule has 2 aromatic rings. The van der Waals surface area contributed by atoms with Crippen LogP contribution in [0.2, 0.25) is 0 Å². The van der Waals surface area contributed by atoms with Gasteiger partial charge in [0, 0.05) is 18.8 Å². The van der Waals surface area contributed by atoms with Gasteiger partial charge in [-0.1, -0.05) is 36.4 Å². The third-order valence-electron chi connectivity index (χ3n) is 4.91. The van der Waals surface area contributed by atoms with Crippen LogP contribution in [-0.2, 0) is 9.59 Å². The average molecular weight is 348 g/mol. The first kappa shape index (κ1) is 17.9. The Labute approximate surface area is 154 Å². The topological polar surface area (TPSA) is 40.6 Å². The van der Waals surface area contributed by atoms with Gasteiger partial charge in [0.1, 0.15) is 5.70 Å². The molecule has 4 heteroatoms. The second kappa shape index (κ2) is 7.16. The molecule has 0 bridgehead atoms. The Bertz CT molecular complexity index is 884. The van der Waals surface area contributed by atoms with Crippen molar-refractivity contribution in [3.05, 3.63) is 70.9 Å². The molecule has 1 heterocycles. The van der Waals surface area contributed by atoms with Gasteiger partial charge in [0.2, 0.25) is 0 Å². The highest BCUT2D eigenvalue weighted by Crippen LogP contribution is 2.34. The Hall–Kier alpha value is -2.88. The summed E-state index contributed by atoms with van der Waals surface area (Å²) < 4.78 is 0. The molecule has 0 atom stereocenters. The maximum Gasteiger partial charge on any atom is 0.278 e.